The zero-order valence-corrected chi connectivity index (χ0v) is 13.3. The van der Waals surface area contributed by atoms with Gasteiger partial charge in [0.1, 0.15) is 11.5 Å². The summed E-state index contributed by atoms with van der Waals surface area (Å²) in [5.41, 5.74) is 0.638. The Bertz CT molecular complexity index is 458. The van der Waals surface area contributed by atoms with E-state index < -0.39 is 0 Å². The molecule has 0 unspecified atom stereocenters. The Morgan fingerprint density at radius 3 is 2.67 bits per heavy atom. The van der Waals surface area contributed by atoms with Gasteiger partial charge in [0.2, 0.25) is 0 Å². The lowest BCUT2D eigenvalue weighted by Gasteiger charge is -2.19. The van der Waals surface area contributed by atoms with Gasteiger partial charge in [-0.15, -0.1) is 0 Å². The molecule has 1 aliphatic rings. The van der Waals surface area contributed by atoms with Crippen LogP contribution in [0, 0.1) is 13.8 Å². The molecule has 1 aliphatic carbocycles. The Kier molecular flexibility index (Phi) is 4.43. The summed E-state index contributed by atoms with van der Waals surface area (Å²) in [7, 11) is 0. The number of amides is 1. The monoisotopic (exact) mass is 331 g/mol. The Labute approximate surface area is 120 Å². The van der Waals surface area contributed by atoms with E-state index in [1.54, 1.807) is 0 Å². The van der Waals surface area contributed by atoms with Gasteiger partial charge in [-0.2, -0.15) is 11.8 Å². The zero-order chi connectivity index (χ0) is 13.3. The Hall–Kier alpha value is -0.420. The topological polar surface area (TPSA) is 42.2 Å². The smallest absolute Gasteiger partial charge is 0.256 e. The van der Waals surface area contributed by atoms with E-state index >= 15 is 0 Å². The van der Waals surface area contributed by atoms with E-state index in [1.807, 2.05) is 25.6 Å². The van der Waals surface area contributed by atoms with Crippen molar-refractivity contribution in [3.05, 3.63) is 21.6 Å². The lowest BCUT2D eigenvalue weighted by Crippen LogP contribution is -2.38. The van der Waals surface area contributed by atoms with E-state index in [4.69, 9.17) is 4.42 Å². The summed E-state index contributed by atoms with van der Waals surface area (Å²) < 4.78 is 6.25. The first-order valence-corrected chi connectivity index (χ1v) is 8.21. The van der Waals surface area contributed by atoms with Gasteiger partial charge in [-0.25, -0.2) is 0 Å². The van der Waals surface area contributed by atoms with Gasteiger partial charge >= 0.3 is 0 Å². The SMILES string of the molecule is CS[C@@H]1CCC[C@@H]1NC(=O)c1c(C)oc(C)c1Br. The standard InChI is InChI=1S/C13H18BrNO2S/c1-7-11(12(14)8(2)17-7)13(16)15-9-5-4-6-10(9)18-3/h9-10H,4-6H2,1-3H3,(H,15,16)/t9-,10+/m0/s1. The molecule has 1 amide bonds. The van der Waals surface area contributed by atoms with Gasteiger partial charge in [0, 0.05) is 11.3 Å². The van der Waals surface area contributed by atoms with Gasteiger partial charge in [-0.3, -0.25) is 4.79 Å². The number of aryl methyl sites for hydroxylation is 2. The third-order valence-corrected chi connectivity index (χ3v) is 5.61. The number of nitrogens with one attached hydrogen (secondary N) is 1. The molecule has 2 atom stereocenters. The fourth-order valence-electron chi connectivity index (χ4n) is 2.53. The van der Waals surface area contributed by atoms with Gasteiger partial charge in [-0.1, -0.05) is 6.42 Å². The zero-order valence-electron chi connectivity index (χ0n) is 10.9. The van der Waals surface area contributed by atoms with Crippen LogP contribution in [0.1, 0.15) is 41.1 Å². The summed E-state index contributed by atoms with van der Waals surface area (Å²) in [6, 6.07) is 0.286. The predicted molar refractivity (Wildman–Crippen MR) is 78.3 cm³/mol. The summed E-state index contributed by atoms with van der Waals surface area (Å²) in [6.45, 7) is 3.68. The van der Waals surface area contributed by atoms with Crippen molar-refractivity contribution in [1.29, 1.82) is 0 Å². The van der Waals surface area contributed by atoms with Crippen LogP contribution in [-0.4, -0.2) is 23.5 Å². The minimum atomic E-state index is -0.0258. The van der Waals surface area contributed by atoms with Crippen LogP contribution in [0.5, 0.6) is 0 Å². The van der Waals surface area contributed by atoms with Crippen LogP contribution >= 0.6 is 27.7 Å². The second-order valence-electron chi connectivity index (χ2n) is 4.69. The number of carbonyl (C=O) groups is 1. The van der Waals surface area contributed by atoms with Crippen LogP contribution in [0.3, 0.4) is 0 Å². The van der Waals surface area contributed by atoms with Crippen molar-refractivity contribution in [2.75, 3.05) is 6.26 Å². The Morgan fingerprint density at radius 1 is 1.39 bits per heavy atom. The van der Waals surface area contributed by atoms with Gasteiger partial charge in [0.05, 0.1) is 10.0 Å². The average Bonchev–Trinajstić information content (AvgIpc) is 2.85. The molecule has 1 N–H and O–H groups in total. The Morgan fingerprint density at radius 2 is 2.11 bits per heavy atom. The van der Waals surface area contributed by atoms with Crippen molar-refractivity contribution in [3.63, 3.8) is 0 Å². The number of hydrogen-bond donors (Lipinski definition) is 1. The van der Waals surface area contributed by atoms with Crippen molar-refractivity contribution in [2.45, 2.75) is 44.4 Å². The molecular weight excluding hydrogens is 314 g/mol. The number of hydrogen-bond acceptors (Lipinski definition) is 3. The highest BCUT2D eigenvalue weighted by molar-refractivity contribution is 9.10. The van der Waals surface area contributed by atoms with E-state index in [0.717, 1.165) is 16.7 Å². The van der Waals surface area contributed by atoms with E-state index in [1.165, 1.54) is 12.8 Å². The molecule has 0 radical (unpaired) electrons. The van der Waals surface area contributed by atoms with Crippen LogP contribution in [0.15, 0.2) is 8.89 Å². The third kappa shape index (κ3) is 2.62. The van der Waals surface area contributed by atoms with Crippen LogP contribution in [0.25, 0.3) is 0 Å². The molecule has 2 rings (SSSR count). The summed E-state index contributed by atoms with van der Waals surface area (Å²) in [6.07, 6.45) is 5.57. The minimum Gasteiger partial charge on any atom is -0.465 e. The number of rotatable bonds is 3. The van der Waals surface area contributed by atoms with Crippen molar-refractivity contribution < 1.29 is 9.21 Å². The van der Waals surface area contributed by atoms with Crippen LogP contribution in [-0.2, 0) is 0 Å². The molecule has 1 saturated carbocycles. The minimum absolute atomic E-state index is 0.0258. The molecule has 0 saturated heterocycles. The average molecular weight is 332 g/mol. The van der Waals surface area contributed by atoms with Crippen LogP contribution in [0.4, 0.5) is 0 Å². The maximum absolute atomic E-state index is 12.3. The maximum Gasteiger partial charge on any atom is 0.256 e. The lowest BCUT2D eigenvalue weighted by atomic mass is 10.2. The first-order chi connectivity index (χ1) is 8.54. The van der Waals surface area contributed by atoms with E-state index in [2.05, 4.69) is 27.5 Å². The number of furan rings is 1. The summed E-state index contributed by atoms with van der Waals surface area (Å²) in [4.78, 5) is 12.3. The summed E-state index contributed by atoms with van der Waals surface area (Å²) in [5, 5.41) is 3.68. The molecule has 18 heavy (non-hydrogen) atoms. The van der Waals surface area contributed by atoms with Crippen LogP contribution < -0.4 is 5.32 Å². The lowest BCUT2D eigenvalue weighted by molar-refractivity contribution is 0.0936. The molecule has 100 valence electrons. The van der Waals surface area contributed by atoms with E-state index in [-0.39, 0.29) is 11.9 Å². The molecular formula is C13H18BrNO2S. The molecule has 0 aromatic carbocycles. The van der Waals surface area contributed by atoms with Crippen molar-refractivity contribution in [3.8, 4) is 0 Å². The van der Waals surface area contributed by atoms with E-state index in [0.29, 0.717) is 16.6 Å². The van der Waals surface area contributed by atoms with Crippen molar-refractivity contribution in [1.82, 2.24) is 5.32 Å². The van der Waals surface area contributed by atoms with Crippen LogP contribution in [0.2, 0.25) is 0 Å². The molecule has 0 bridgehead atoms. The quantitative estimate of drug-likeness (QED) is 0.918. The van der Waals surface area contributed by atoms with Gasteiger partial charge in [0.15, 0.2) is 0 Å². The second kappa shape index (κ2) is 5.70. The molecule has 1 heterocycles. The maximum atomic E-state index is 12.3. The molecule has 0 aliphatic heterocycles. The Balaban J connectivity index is 2.12. The normalized spacial score (nSPS) is 23.3. The number of carbonyl (C=O) groups excluding carboxylic acids is 1. The third-order valence-electron chi connectivity index (χ3n) is 3.49. The fraction of sp³-hybridized carbons (Fsp3) is 0.615. The summed E-state index contributed by atoms with van der Waals surface area (Å²) >= 11 is 5.26. The number of halogens is 1. The van der Waals surface area contributed by atoms with Crippen molar-refractivity contribution in [2.24, 2.45) is 0 Å². The molecule has 1 fully saturated rings. The highest BCUT2D eigenvalue weighted by Gasteiger charge is 2.29. The molecule has 0 spiro atoms. The van der Waals surface area contributed by atoms with Gasteiger partial charge in [0.25, 0.3) is 5.91 Å². The second-order valence-corrected chi connectivity index (χ2v) is 6.56. The van der Waals surface area contributed by atoms with Crippen molar-refractivity contribution >= 4 is 33.6 Å². The van der Waals surface area contributed by atoms with Gasteiger partial charge in [-0.05, 0) is 48.9 Å². The first kappa shape index (κ1) is 14.0. The summed E-state index contributed by atoms with van der Waals surface area (Å²) in [5.74, 6) is 1.41. The highest BCUT2D eigenvalue weighted by atomic mass is 79.9. The molecule has 5 heteroatoms. The predicted octanol–water partition coefficient (Wildman–Crippen LogP) is 3.67. The first-order valence-electron chi connectivity index (χ1n) is 6.13. The fourth-order valence-corrected chi connectivity index (χ4v) is 4.00. The molecule has 3 nitrogen and oxygen atoms in total. The molecule has 1 aromatic rings. The van der Waals surface area contributed by atoms with Gasteiger partial charge < -0.3 is 9.73 Å². The highest BCUT2D eigenvalue weighted by Crippen LogP contribution is 2.30. The van der Waals surface area contributed by atoms with E-state index in [9.17, 15) is 4.79 Å². The largest absolute Gasteiger partial charge is 0.465 e. The number of thioether (sulfide) groups is 1. The molecule has 1 aromatic heterocycles.